The van der Waals surface area contributed by atoms with Crippen LogP contribution < -0.4 is 4.90 Å². The lowest BCUT2D eigenvalue weighted by molar-refractivity contribution is -0.130. The molecule has 0 unspecified atom stereocenters. The first-order chi connectivity index (χ1) is 11.1. The Morgan fingerprint density at radius 2 is 1.96 bits per heavy atom. The summed E-state index contributed by atoms with van der Waals surface area (Å²) < 4.78 is 13.6. The molecule has 1 amide bonds. The predicted octanol–water partition coefficient (Wildman–Crippen LogP) is 2.87. The van der Waals surface area contributed by atoms with Crippen molar-refractivity contribution in [1.29, 1.82) is 0 Å². The number of anilines is 1. The summed E-state index contributed by atoms with van der Waals surface area (Å²) in [5, 5.41) is 0. The number of hydrogen-bond acceptors (Lipinski definition) is 3. The van der Waals surface area contributed by atoms with Gasteiger partial charge < -0.3 is 9.80 Å². The summed E-state index contributed by atoms with van der Waals surface area (Å²) in [4.78, 5) is 20.8. The summed E-state index contributed by atoms with van der Waals surface area (Å²) in [6, 6.07) is 10.5. The van der Waals surface area contributed by atoms with E-state index >= 15 is 0 Å². The zero-order valence-electron chi connectivity index (χ0n) is 12.6. The highest BCUT2D eigenvalue weighted by Crippen LogP contribution is 2.18. The van der Waals surface area contributed by atoms with Crippen LogP contribution in [0.5, 0.6) is 0 Å². The minimum absolute atomic E-state index is 0.0733. The van der Waals surface area contributed by atoms with Crippen LogP contribution in [-0.4, -0.2) is 42.0 Å². The van der Waals surface area contributed by atoms with Gasteiger partial charge in [-0.15, -0.1) is 0 Å². The van der Waals surface area contributed by atoms with E-state index in [9.17, 15) is 9.18 Å². The minimum atomic E-state index is -0.315. The summed E-state index contributed by atoms with van der Waals surface area (Å²) in [5.41, 5.74) is 0.815. The van der Waals surface area contributed by atoms with Gasteiger partial charge in [-0.25, -0.2) is 9.37 Å². The van der Waals surface area contributed by atoms with Gasteiger partial charge in [0.05, 0.1) is 10.9 Å². The molecular weight excluding hydrogens is 361 g/mol. The molecule has 0 saturated carbocycles. The topological polar surface area (TPSA) is 36.4 Å². The average Bonchev–Trinajstić information content (AvgIpc) is 2.59. The summed E-state index contributed by atoms with van der Waals surface area (Å²) in [7, 11) is 0. The standard InChI is InChI=1S/C17H17BrFN3O/c18-14-11-13(4-5-15(14)19)12-17(23)22-9-7-21(8-10-22)16-3-1-2-6-20-16/h1-6,11H,7-10,12H2. The monoisotopic (exact) mass is 377 g/mol. The molecule has 2 aromatic rings. The van der Waals surface area contributed by atoms with Crippen LogP contribution in [0.15, 0.2) is 47.1 Å². The van der Waals surface area contributed by atoms with E-state index in [0.29, 0.717) is 24.0 Å². The zero-order valence-corrected chi connectivity index (χ0v) is 14.2. The van der Waals surface area contributed by atoms with Crippen molar-refractivity contribution < 1.29 is 9.18 Å². The third-order valence-corrected chi connectivity index (χ3v) is 4.55. The molecule has 0 atom stereocenters. The van der Waals surface area contributed by atoms with Gasteiger partial charge in [0, 0.05) is 32.4 Å². The van der Waals surface area contributed by atoms with E-state index in [1.807, 2.05) is 23.1 Å². The predicted molar refractivity (Wildman–Crippen MR) is 90.8 cm³/mol. The lowest BCUT2D eigenvalue weighted by Gasteiger charge is -2.35. The van der Waals surface area contributed by atoms with Crippen molar-refractivity contribution in [2.75, 3.05) is 31.1 Å². The number of benzene rings is 1. The van der Waals surface area contributed by atoms with Gasteiger partial charge in [0.15, 0.2) is 0 Å². The Hall–Kier alpha value is -1.95. The summed E-state index contributed by atoms with van der Waals surface area (Å²) in [5.74, 6) is 0.705. The van der Waals surface area contributed by atoms with Crippen molar-refractivity contribution in [2.45, 2.75) is 6.42 Å². The molecule has 1 aromatic heterocycles. The Bertz CT molecular complexity index is 687. The van der Waals surface area contributed by atoms with Crippen molar-refractivity contribution in [2.24, 2.45) is 0 Å². The highest BCUT2D eigenvalue weighted by molar-refractivity contribution is 9.10. The summed E-state index contributed by atoms with van der Waals surface area (Å²) in [6.45, 7) is 2.90. The van der Waals surface area contributed by atoms with Gasteiger partial charge in [0.1, 0.15) is 11.6 Å². The van der Waals surface area contributed by atoms with E-state index in [1.165, 1.54) is 6.07 Å². The lowest BCUT2D eigenvalue weighted by Crippen LogP contribution is -2.49. The number of rotatable bonds is 3. The molecule has 0 bridgehead atoms. The smallest absolute Gasteiger partial charge is 0.227 e. The first-order valence-corrected chi connectivity index (χ1v) is 8.30. The minimum Gasteiger partial charge on any atom is -0.353 e. The van der Waals surface area contributed by atoms with Gasteiger partial charge >= 0.3 is 0 Å². The molecule has 0 spiro atoms. The molecule has 6 heteroatoms. The number of aromatic nitrogens is 1. The highest BCUT2D eigenvalue weighted by atomic mass is 79.9. The van der Waals surface area contributed by atoms with Gasteiger partial charge in [-0.2, -0.15) is 0 Å². The largest absolute Gasteiger partial charge is 0.353 e. The van der Waals surface area contributed by atoms with E-state index < -0.39 is 0 Å². The molecule has 1 saturated heterocycles. The molecule has 1 aliphatic rings. The molecule has 2 heterocycles. The van der Waals surface area contributed by atoms with Crippen molar-refractivity contribution >= 4 is 27.7 Å². The van der Waals surface area contributed by atoms with Crippen LogP contribution in [0.25, 0.3) is 0 Å². The highest BCUT2D eigenvalue weighted by Gasteiger charge is 2.21. The maximum atomic E-state index is 13.2. The number of amides is 1. The van der Waals surface area contributed by atoms with Crippen molar-refractivity contribution in [1.82, 2.24) is 9.88 Å². The molecular formula is C17H17BrFN3O. The van der Waals surface area contributed by atoms with Crippen LogP contribution in [0, 0.1) is 5.82 Å². The quantitative estimate of drug-likeness (QED) is 0.824. The van der Waals surface area contributed by atoms with Crippen LogP contribution in [0.2, 0.25) is 0 Å². The fraction of sp³-hybridized carbons (Fsp3) is 0.294. The van der Waals surface area contributed by atoms with Crippen LogP contribution in [0.4, 0.5) is 10.2 Å². The fourth-order valence-corrected chi connectivity index (χ4v) is 3.09. The van der Waals surface area contributed by atoms with Crippen LogP contribution in [0.1, 0.15) is 5.56 Å². The fourth-order valence-electron chi connectivity index (χ4n) is 2.66. The van der Waals surface area contributed by atoms with Crippen LogP contribution >= 0.6 is 15.9 Å². The number of nitrogens with zero attached hydrogens (tertiary/aromatic N) is 3. The Morgan fingerprint density at radius 3 is 2.61 bits per heavy atom. The summed E-state index contributed by atoms with van der Waals surface area (Å²) in [6.07, 6.45) is 2.07. The average molecular weight is 378 g/mol. The Kier molecular flexibility index (Phi) is 4.91. The molecule has 1 fully saturated rings. The Balaban J connectivity index is 1.57. The molecule has 1 aliphatic heterocycles. The third-order valence-electron chi connectivity index (χ3n) is 3.95. The maximum absolute atomic E-state index is 13.2. The number of hydrogen-bond donors (Lipinski definition) is 0. The molecule has 3 rings (SSSR count). The first kappa shape index (κ1) is 15.9. The zero-order chi connectivity index (χ0) is 16.2. The first-order valence-electron chi connectivity index (χ1n) is 7.51. The number of halogens is 2. The normalized spacial score (nSPS) is 14.9. The van der Waals surface area contributed by atoms with Gasteiger partial charge in [0.2, 0.25) is 5.91 Å². The van der Waals surface area contributed by atoms with E-state index in [2.05, 4.69) is 25.8 Å². The van der Waals surface area contributed by atoms with Gasteiger partial charge in [0.25, 0.3) is 0 Å². The van der Waals surface area contributed by atoms with E-state index in [4.69, 9.17) is 0 Å². The molecule has 0 N–H and O–H groups in total. The lowest BCUT2D eigenvalue weighted by atomic mass is 10.1. The SMILES string of the molecule is O=C(Cc1ccc(F)c(Br)c1)N1CCN(c2ccccn2)CC1. The van der Waals surface area contributed by atoms with Gasteiger partial charge in [-0.05, 0) is 45.8 Å². The molecule has 4 nitrogen and oxygen atoms in total. The van der Waals surface area contributed by atoms with Gasteiger partial charge in [-0.1, -0.05) is 12.1 Å². The summed E-state index contributed by atoms with van der Waals surface area (Å²) >= 11 is 3.15. The van der Waals surface area contributed by atoms with Crippen LogP contribution in [-0.2, 0) is 11.2 Å². The maximum Gasteiger partial charge on any atom is 0.227 e. The van der Waals surface area contributed by atoms with Crippen molar-refractivity contribution in [3.05, 3.63) is 58.4 Å². The number of carbonyl (C=O) groups is 1. The van der Waals surface area contributed by atoms with E-state index in [-0.39, 0.29) is 11.7 Å². The Labute approximate surface area is 143 Å². The number of carbonyl (C=O) groups excluding carboxylic acids is 1. The molecule has 0 aliphatic carbocycles. The Morgan fingerprint density at radius 1 is 1.17 bits per heavy atom. The third kappa shape index (κ3) is 3.88. The molecule has 1 aromatic carbocycles. The van der Waals surface area contributed by atoms with Crippen molar-refractivity contribution in [3.8, 4) is 0 Å². The second kappa shape index (κ2) is 7.08. The second-order valence-electron chi connectivity index (χ2n) is 5.48. The number of pyridine rings is 1. The van der Waals surface area contributed by atoms with Crippen LogP contribution in [0.3, 0.4) is 0 Å². The van der Waals surface area contributed by atoms with E-state index in [0.717, 1.165) is 24.5 Å². The van der Waals surface area contributed by atoms with E-state index in [1.54, 1.807) is 18.3 Å². The molecule has 0 radical (unpaired) electrons. The van der Waals surface area contributed by atoms with Gasteiger partial charge in [-0.3, -0.25) is 4.79 Å². The number of piperazine rings is 1. The molecule has 23 heavy (non-hydrogen) atoms. The second-order valence-corrected chi connectivity index (χ2v) is 6.34. The molecule has 120 valence electrons. The van der Waals surface area contributed by atoms with Crippen molar-refractivity contribution in [3.63, 3.8) is 0 Å².